The van der Waals surface area contributed by atoms with Crippen LogP contribution in [0.25, 0.3) is 0 Å². The zero-order valence-corrected chi connectivity index (χ0v) is 13.1. The lowest BCUT2D eigenvalue weighted by Gasteiger charge is -2.11. The van der Waals surface area contributed by atoms with Crippen molar-refractivity contribution in [3.63, 3.8) is 0 Å². The summed E-state index contributed by atoms with van der Waals surface area (Å²) in [5.41, 5.74) is 1.47. The Morgan fingerprint density at radius 2 is 2.20 bits per heavy atom. The Balaban J connectivity index is 2.13. The van der Waals surface area contributed by atoms with E-state index in [1.165, 1.54) is 4.68 Å². The van der Waals surface area contributed by atoms with E-state index in [2.05, 4.69) is 45.2 Å². The summed E-state index contributed by atoms with van der Waals surface area (Å²) in [5, 5.41) is 7.35. The normalized spacial score (nSPS) is 10.8. The van der Waals surface area contributed by atoms with Crippen LogP contribution in [0.2, 0.25) is 0 Å². The molecule has 0 unspecified atom stereocenters. The maximum Gasteiger partial charge on any atom is 0.283 e. The van der Waals surface area contributed by atoms with Gasteiger partial charge < -0.3 is 5.32 Å². The first-order chi connectivity index (χ1) is 9.58. The molecule has 2 aromatic rings. The summed E-state index contributed by atoms with van der Waals surface area (Å²) < 4.78 is 1.98. The average molecular weight is 337 g/mol. The topological polar surface area (TPSA) is 59.8 Å². The van der Waals surface area contributed by atoms with E-state index in [1.54, 1.807) is 12.4 Å². The molecule has 106 valence electrons. The van der Waals surface area contributed by atoms with E-state index in [1.807, 2.05) is 18.2 Å². The highest BCUT2D eigenvalue weighted by atomic mass is 79.9. The highest BCUT2D eigenvalue weighted by molar-refractivity contribution is 9.10. The van der Waals surface area contributed by atoms with Gasteiger partial charge in [0.25, 0.3) is 5.56 Å². The molecule has 0 aliphatic carbocycles. The van der Waals surface area contributed by atoms with Gasteiger partial charge in [0.2, 0.25) is 0 Å². The molecule has 0 aliphatic heterocycles. The lowest BCUT2D eigenvalue weighted by molar-refractivity contribution is 0.462. The second-order valence-corrected chi connectivity index (χ2v) is 5.72. The van der Waals surface area contributed by atoms with Crippen LogP contribution in [-0.2, 0) is 13.1 Å². The van der Waals surface area contributed by atoms with Gasteiger partial charge in [0.05, 0.1) is 24.1 Å². The second-order valence-electron chi connectivity index (χ2n) is 4.93. The first kappa shape index (κ1) is 14.7. The number of rotatable bonds is 5. The molecule has 0 saturated heterocycles. The molecule has 0 amide bonds. The van der Waals surface area contributed by atoms with Crippen LogP contribution in [0.1, 0.15) is 19.5 Å². The maximum atomic E-state index is 12.1. The first-order valence-corrected chi connectivity index (χ1v) is 7.26. The molecule has 2 aromatic heterocycles. The Morgan fingerprint density at radius 3 is 2.85 bits per heavy atom. The van der Waals surface area contributed by atoms with Crippen molar-refractivity contribution in [1.29, 1.82) is 0 Å². The third-order valence-electron chi connectivity index (χ3n) is 2.71. The Bertz CT molecular complexity index is 625. The summed E-state index contributed by atoms with van der Waals surface area (Å²) in [4.78, 5) is 16.4. The molecule has 2 heterocycles. The maximum absolute atomic E-state index is 12.1. The lowest BCUT2D eigenvalue weighted by Crippen LogP contribution is -2.26. The molecule has 0 atom stereocenters. The molecule has 2 rings (SSSR count). The molecule has 6 heteroatoms. The second kappa shape index (κ2) is 6.65. The SMILES string of the molecule is CC(C)Cn1ncc(NCc2ccccn2)c(Br)c1=O. The van der Waals surface area contributed by atoms with E-state index in [-0.39, 0.29) is 5.56 Å². The highest BCUT2D eigenvalue weighted by Crippen LogP contribution is 2.17. The fraction of sp³-hybridized carbons (Fsp3) is 0.357. The van der Waals surface area contributed by atoms with Crippen LogP contribution in [0.3, 0.4) is 0 Å². The van der Waals surface area contributed by atoms with Gasteiger partial charge in [-0.3, -0.25) is 9.78 Å². The standard InChI is InChI=1S/C14H17BrN4O/c1-10(2)9-19-14(20)13(15)12(8-18-19)17-7-11-5-3-4-6-16-11/h3-6,8,10,17H,7,9H2,1-2H3. The summed E-state index contributed by atoms with van der Waals surface area (Å²) in [6.45, 7) is 5.26. The molecule has 1 N–H and O–H groups in total. The van der Waals surface area contributed by atoms with Crippen LogP contribution >= 0.6 is 15.9 Å². The minimum Gasteiger partial charge on any atom is -0.377 e. The minimum atomic E-state index is -0.121. The minimum absolute atomic E-state index is 0.121. The summed E-state index contributed by atoms with van der Waals surface area (Å²) >= 11 is 3.34. The van der Waals surface area contributed by atoms with Crippen molar-refractivity contribution in [1.82, 2.24) is 14.8 Å². The van der Waals surface area contributed by atoms with E-state index < -0.39 is 0 Å². The first-order valence-electron chi connectivity index (χ1n) is 6.47. The lowest BCUT2D eigenvalue weighted by atomic mass is 10.2. The fourth-order valence-corrected chi connectivity index (χ4v) is 2.20. The van der Waals surface area contributed by atoms with E-state index in [9.17, 15) is 4.79 Å². The Hall–Kier alpha value is -1.69. The van der Waals surface area contributed by atoms with E-state index in [4.69, 9.17) is 0 Å². The predicted molar refractivity (Wildman–Crippen MR) is 82.6 cm³/mol. The van der Waals surface area contributed by atoms with E-state index in [0.717, 1.165) is 5.69 Å². The molecule has 0 aromatic carbocycles. The van der Waals surface area contributed by atoms with Crippen molar-refractivity contribution in [2.75, 3.05) is 5.32 Å². The van der Waals surface area contributed by atoms with Crippen molar-refractivity contribution in [3.05, 3.63) is 51.1 Å². The number of aromatic nitrogens is 3. The third-order valence-corrected chi connectivity index (χ3v) is 3.48. The van der Waals surface area contributed by atoms with Crippen LogP contribution < -0.4 is 10.9 Å². The molecule has 0 saturated carbocycles. The molecule has 0 radical (unpaired) electrons. The number of hydrogen-bond donors (Lipinski definition) is 1. The quantitative estimate of drug-likeness (QED) is 0.911. The number of hydrogen-bond acceptors (Lipinski definition) is 4. The monoisotopic (exact) mass is 336 g/mol. The van der Waals surface area contributed by atoms with Gasteiger partial charge in [-0.25, -0.2) is 4.68 Å². The Kier molecular flexibility index (Phi) is 4.89. The molecule has 5 nitrogen and oxygen atoms in total. The van der Waals surface area contributed by atoms with Gasteiger partial charge in [-0.1, -0.05) is 19.9 Å². The zero-order valence-electron chi connectivity index (χ0n) is 11.5. The van der Waals surface area contributed by atoms with Crippen molar-refractivity contribution in [3.8, 4) is 0 Å². The Morgan fingerprint density at radius 1 is 1.40 bits per heavy atom. The summed E-state index contributed by atoms with van der Waals surface area (Å²) in [5.74, 6) is 0.374. The molecule has 0 spiro atoms. The summed E-state index contributed by atoms with van der Waals surface area (Å²) in [7, 11) is 0. The molecule has 20 heavy (non-hydrogen) atoms. The summed E-state index contributed by atoms with van der Waals surface area (Å²) in [6, 6.07) is 5.72. The largest absolute Gasteiger partial charge is 0.377 e. The molecule has 0 bridgehead atoms. The predicted octanol–water partition coefficient (Wildman–Crippen LogP) is 2.67. The number of nitrogens with zero attached hydrogens (tertiary/aromatic N) is 3. The van der Waals surface area contributed by atoms with Gasteiger partial charge in [-0.05, 0) is 34.0 Å². The smallest absolute Gasteiger partial charge is 0.283 e. The van der Waals surface area contributed by atoms with Gasteiger partial charge in [0.1, 0.15) is 4.47 Å². The number of pyridine rings is 1. The van der Waals surface area contributed by atoms with Crippen LogP contribution in [0, 0.1) is 5.92 Å². The zero-order chi connectivity index (χ0) is 14.5. The molecule has 0 fully saturated rings. The Labute approximate surface area is 126 Å². The van der Waals surface area contributed by atoms with Crippen molar-refractivity contribution < 1.29 is 0 Å². The van der Waals surface area contributed by atoms with Crippen LogP contribution in [0.5, 0.6) is 0 Å². The van der Waals surface area contributed by atoms with Crippen LogP contribution in [0.15, 0.2) is 39.9 Å². The van der Waals surface area contributed by atoms with Gasteiger partial charge >= 0.3 is 0 Å². The van der Waals surface area contributed by atoms with Gasteiger partial charge in [0, 0.05) is 12.7 Å². The van der Waals surface area contributed by atoms with Gasteiger partial charge in [-0.2, -0.15) is 5.10 Å². The van der Waals surface area contributed by atoms with Crippen molar-refractivity contribution >= 4 is 21.6 Å². The fourth-order valence-electron chi connectivity index (χ4n) is 1.75. The number of anilines is 1. The van der Waals surface area contributed by atoms with Gasteiger partial charge in [-0.15, -0.1) is 0 Å². The van der Waals surface area contributed by atoms with Gasteiger partial charge in [0.15, 0.2) is 0 Å². The van der Waals surface area contributed by atoms with Crippen molar-refractivity contribution in [2.45, 2.75) is 26.9 Å². The number of halogens is 1. The molecule has 0 aliphatic rings. The van der Waals surface area contributed by atoms with E-state index in [0.29, 0.717) is 29.2 Å². The van der Waals surface area contributed by atoms with Crippen molar-refractivity contribution in [2.24, 2.45) is 5.92 Å². The molecular weight excluding hydrogens is 320 g/mol. The summed E-state index contributed by atoms with van der Waals surface area (Å²) in [6.07, 6.45) is 3.40. The van der Waals surface area contributed by atoms with Crippen LogP contribution in [-0.4, -0.2) is 14.8 Å². The highest BCUT2D eigenvalue weighted by Gasteiger charge is 2.09. The van der Waals surface area contributed by atoms with Crippen LogP contribution in [0.4, 0.5) is 5.69 Å². The molecular formula is C14H17BrN4O. The average Bonchev–Trinajstić information content (AvgIpc) is 2.44. The number of nitrogens with one attached hydrogen (secondary N) is 1. The third kappa shape index (κ3) is 3.66. The van der Waals surface area contributed by atoms with E-state index >= 15 is 0 Å².